The average molecular weight is 287 g/mol. The highest BCUT2D eigenvalue weighted by Crippen LogP contribution is 2.21. The molecule has 5 nitrogen and oxygen atoms in total. The van der Waals surface area contributed by atoms with Crippen molar-refractivity contribution in [2.75, 3.05) is 6.54 Å². The zero-order chi connectivity index (χ0) is 14.4. The van der Waals surface area contributed by atoms with Crippen molar-refractivity contribution in [3.8, 4) is 0 Å². The Balaban J connectivity index is 2.53. The Hall–Kier alpha value is -1.17. The predicted molar refractivity (Wildman–Crippen MR) is 75.3 cm³/mol. The molecule has 0 spiro atoms. The molecule has 106 valence electrons. The molecule has 1 aromatic rings. The zero-order valence-corrected chi connectivity index (χ0v) is 11.9. The Labute approximate surface area is 117 Å². The molecule has 0 fully saturated rings. The SMILES string of the molecule is CC(O)CC(C)CNCc1cc([N+](=O)[O-])ccc1Cl. The van der Waals surface area contributed by atoms with Gasteiger partial charge >= 0.3 is 0 Å². The Morgan fingerprint density at radius 2 is 2.16 bits per heavy atom. The number of benzene rings is 1. The molecule has 1 rings (SSSR count). The first-order valence-electron chi connectivity index (χ1n) is 6.21. The van der Waals surface area contributed by atoms with Gasteiger partial charge in [0.2, 0.25) is 0 Å². The van der Waals surface area contributed by atoms with Crippen molar-refractivity contribution < 1.29 is 10.0 Å². The van der Waals surface area contributed by atoms with E-state index >= 15 is 0 Å². The summed E-state index contributed by atoms with van der Waals surface area (Å²) in [6.45, 7) is 5.00. The Morgan fingerprint density at radius 3 is 2.74 bits per heavy atom. The summed E-state index contributed by atoms with van der Waals surface area (Å²) in [7, 11) is 0. The lowest BCUT2D eigenvalue weighted by Gasteiger charge is -2.14. The molecule has 0 saturated carbocycles. The molecule has 2 atom stereocenters. The van der Waals surface area contributed by atoms with Gasteiger partial charge in [0.05, 0.1) is 11.0 Å². The molecule has 0 heterocycles. The number of nitrogens with one attached hydrogen (secondary N) is 1. The van der Waals surface area contributed by atoms with Crippen LogP contribution in [0.1, 0.15) is 25.8 Å². The smallest absolute Gasteiger partial charge is 0.269 e. The number of non-ortho nitro benzene ring substituents is 1. The molecule has 0 aromatic heterocycles. The molecule has 0 bridgehead atoms. The van der Waals surface area contributed by atoms with E-state index in [2.05, 4.69) is 5.32 Å². The first-order chi connectivity index (χ1) is 8.90. The molecule has 2 N–H and O–H groups in total. The number of nitro groups is 1. The van der Waals surface area contributed by atoms with Gasteiger partial charge in [0, 0.05) is 23.7 Å². The first-order valence-corrected chi connectivity index (χ1v) is 6.59. The summed E-state index contributed by atoms with van der Waals surface area (Å²) in [4.78, 5) is 10.2. The van der Waals surface area contributed by atoms with Crippen LogP contribution in [-0.4, -0.2) is 22.7 Å². The van der Waals surface area contributed by atoms with E-state index in [9.17, 15) is 15.2 Å². The van der Waals surface area contributed by atoms with E-state index in [4.69, 9.17) is 11.6 Å². The lowest BCUT2D eigenvalue weighted by atomic mass is 10.0. The maximum atomic E-state index is 10.7. The number of nitro benzene ring substituents is 1. The second kappa shape index (κ2) is 7.43. The molecular weight excluding hydrogens is 268 g/mol. The van der Waals surface area contributed by atoms with E-state index < -0.39 is 4.92 Å². The third-order valence-electron chi connectivity index (χ3n) is 2.79. The summed E-state index contributed by atoms with van der Waals surface area (Å²) in [5, 5.41) is 23.6. The van der Waals surface area contributed by atoms with Crippen LogP contribution in [-0.2, 0) is 6.54 Å². The van der Waals surface area contributed by atoms with E-state index in [1.165, 1.54) is 18.2 Å². The summed E-state index contributed by atoms with van der Waals surface area (Å²) >= 11 is 6.00. The van der Waals surface area contributed by atoms with Crippen LogP contribution in [0.15, 0.2) is 18.2 Å². The molecule has 19 heavy (non-hydrogen) atoms. The van der Waals surface area contributed by atoms with Gasteiger partial charge < -0.3 is 10.4 Å². The van der Waals surface area contributed by atoms with Crippen molar-refractivity contribution in [2.24, 2.45) is 5.92 Å². The minimum Gasteiger partial charge on any atom is -0.393 e. The summed E-state index contributed by atoms with van der Waals surface area (Å²) in [5.41, 5.74) is 0.748. The summed E-state index contributed by atoms with van der Waals surface area (Å²) in [5.74, 6) is 0.331. The van der Waals surface area contributed by atoms with E-state index in [0.717, 1.165) is 13.0 Å². The number of aliphatic hydroxyl groups is 1. The van der Waals surface area contributed by atoms with Gasteiger partial charge in [-0.25, -0.2) is 0 Å². The zero-order valence-electron chi connectivity index (χ0n) is 11.1. The van der Waals surface area contributed by atoms with E-state index in [-0.39, 0.29) is 11.8 Å². The fraction of sp³-hybridized carbons (Fsp3) is 0.538. The highest BCUT2D eigenvalue weighted by molar-refractivity contribution is 6.31. The van der Waals surface area contributed by atoms with Gasteiger partial charge in [-0.2, -0.15) is 0 Å². The van der Waals surface area contributed by atoms with Gasteiger partial charge in [-0.3, -0.25) is 10.1 Å². The van der Waals surface area contributed by atoms with Crippen LogP contribution in [0, 0.1) is 16.0 Å². The van der Waals surface area contributed by atoms with Crippen LogP contribution >= 0.6 is 11.6 Å². The molecule has 0 aliphatic heterocycles. The fourth-order valence-electron chi connectivity index (χ4n) is 1.93. The Morgan fingerprint density at radius 1 is 1.47 bits per heavy atom. The lowest BCUT2D eigenvalue weighted by molar-refractivity contribution is -0.384. The van der Waals surface area contributed by atoms with Crippen molar-refractivity contribution in [1.82, 2.24) is 5.32 Å². The minimum atomic E-state index is -0.435. The maximum absolute atomic E-state index is 10.7. The highest BCUT2D eigenvalue weighted by Gasteiger charge is 2.10. The monoisotopic (exact) mass is 286 g/mol. The minimum absolute atomic E-state index is 0.0400. The molecule has 0 radical (unpaired) electrons. The third-order valence-corrected chi connectivity index (χ3v) is 3.16. The van der Waals surface area contributed by atoms with Gasteiger partial charge in [-0.15, -0.1) is 0 Å². The van der Waals surface area contributed by atoms with Gasteiger partial charge in [0.25, 0.3) is 5.69 Å². The number of hydrogen-bond acceptors (Lipinski definition) is 4. The van der Waals surface area contributed by atoms with Crippen LogP contribution in [0.3, 0.4) is 0 Å². The molecule has 1 aromatic carbocycles. The molecular formula is C13H19ClN2O3. The van der Waals surface area contributed by atoms with Crippen molar-refractivity contribution in [3.05, 3.63) is 38.9 Å². The maximum Gasteiger partial charge on any atom is 0.269 e. The van der Waals surface area contributed by atoms with Crippen LogP contribution in [0.2, 0.25) is 5.02 Å². The van der Waals surface area contributed by atoms with E-state index in [0.29, 0.717) is 23.0 Å². The van der Waals surface area contributed by atoms with Gasteiger partial charge in [0.1, 0.15) is 0 Å². The highest BCUT2D eigenvalue weighted by atomic mass is 35.5. The summed E-state index contributed by atoms with van der Waals surface area (Å²) < 4.78 is 0. The second-order valence-corrected chi connectivity index (χ2v) is 5.26. The standard InChI is InChI=1S/C13H19ClN2O3/c1-9(5-10(2)17)7-15-8-11-6-12(16(18)19)3-4-13(11)14/h3-4,6,9-10,15,17H,5,7-8H2,1-2H3. The number of halogens is 1. The Bertz CT molecular complexity index is 438. The molecule has 0 saturated heterocycles. The molecule has 0 aliphatic rings. The topological polar surface area (TPSA) is 75.4 Å². The number of nitrogens with zero attached hydrogens (tertiary/aromatic N) is 1. The fourth-order valence-corrected chi connectivity index (χ4v) is 2.11. The third kappa shape index (κ3) is 5.55. The molecule has 0 aliphatic carbocycles. The van der Waals surface area contributed by atoms with Crippen molar-refractivity contribution in [3.63, 3.8) is 0 Å². The Kier molecular flexibility index (Phi) is 6.21. The van der Waals surface area contributed by atoms with Crippen LogP contribution in [0.25, 0.3) is 0 Å². The summed E-state index contributed by atoms with van der Waals surface area (Å²) in [6.07, 6.45) is 0.397. The molecule has 6 heteroatoms. The summed E-state index contributed by atoms with van der Waals surface area (Å²) in [6, 6.07) is 4.41. The van der Waals surface area contributed by atoms with Gasteiger partial charge in [-0.05, 0) is 37.4 Å². The lowest BCUT2D eigenvalue weighted by Crippen LogP contribution is -2.23. The number of hydrogen-bond donors (Lipinski definition) is 2. The predicted octanol–water partition coefficient (Wildman–Crippen LogP) is 2.74. The normalized spacial score (nSPS) is 14.1. The van der Waals surface area contributed by atoms with Crippen molar-refractivity contribution >= 4 is 17.3 Å². The van der Waals surface area contributed by atoms with E-state index in [1.54, 1.807) is 6.92 Å². The first kappa shape index (κ1) is 15.9. The van der Waals surface area contributed by atoms with Crippen LogP contribution in [0.5, 0.6) is 0 Å². The van der Waals surface area contributed by atoms with Gasteiger partial charge in [-0.1, -0.05) is 18.5 Å². The second-order valence-electron chi connectivity index (χ2n) is 4.85. The van der Waals surface area contributed by atoms with Gasteiger partial charge in [0.15, 0.2) is 0 Å². The van der Waals surface area contributed by atoms with E-state index in [1.807, 2.05) is 6.92 Å². The molecule has 0 amide bonds. The molecule has 2 unspecified atom stereocenters. The number of aliphatic hydroxyl groups excluding tert-OH is 1. The van der Waals surface area contributed by atoms with Crippen LogP contribution < -0.4 is 5.32 Å². The van der Waals surface area contributed by atoms with Crippen LogP contribution in [0.4, 0.5) is 5.69 Å². The number of rotatable bonds is 7. The van der Waals surface area contributed by atoms with Crippen molar-refractivity contribution in [1.29, 1.82) is 0 Å². The largest absolute Gasteiger partial charge is 0.393 e. The van der Waals surface area contributed by atoms with Crippen molar-refractivity contribution in [2.45, 2.75) is 32.9 Å². The average Bonchev–Trinajstić information content (AvgIpc) is 2.30. The quantitative estimate of drug-likeness (QED) is 0.597.